The van der Waals surface area contributed by atoms with Crippen molar-refractivity contribution in [2.75, 3.05) is 13.6 Å². The number of thiazole rings is 1. The Balaban J connectivity index is 0.00000312. The molecular weight excluding hydrogens is 467 g/mol. The molecule has 0 spiro atoms. The first-order valence-electron chi connectivity index (χ1n) is 8.08. The summed E-state index contributed by atoms with van der Waals surface area (Å²) in [5.74, 6) is 0.783. The lowest BCUT2D eigenvalue weighted by atomic mass is 9.85. The highest BCUT2D eigenvalue weighted by Crippen LogP contribution is 2.23. The molecule has 1 heterocycles. The van der Waals surface area contributed by atoms with Crippen LogP contribution in [-0.4, -0.2) is 24.5 Å². The fourth-order valence-corrected chi connectivity index (χ4v) is 3.21. The third-order valence-electron chi connectivity index (χ3n) is 3.90. The predicted octanol–water partition coefficient (Wildman–Crippen LogP) is 4.62. The number of hydrogen-bond donors (Lipinski definition) is 2. The van der Waals surface area contributed by atoms with Crippen LogP contribution in [0.1, 0.15) is 36.2 Å². The summed E-state index contributed by atoms with van der Waals surface area (Å²) < 4.78 is 0. The first-order chi connectivity index (χ1) is 11.4. The molecule has 2 N–H and O–H groups in total. The topological polar surface area (TPSA) is 49.3 Å². The van der Waals surface area contributed by atoms with Crippen LogP contribution in [0.3, 0.4) is 0 Å². The molecule has 2 aromatic rings. The van der Waals surface area contributed by atoms with Crippen LogP contribution < -0.4 is 10.6 Å². The molecule has 0 aliphatic heterocycles. The van der Waals surface area contributed by atoms with Gasteiger partial charge >= 0.3 is 0 Å². The maximum atomic E-state index is 5.97. The van der Waals surface area contributed by atoms with Gasteiger partial charge in [0.2, 0.25) is 0 Å². The van der Waals surface area contributed by atoms with E-state index in [4.69, 9.17) is 11.6 Å². The standard InChI is InChI=1S/C18H25ClN4S.HI/c1-5-15-10-21-16(24-15)11-22-17(20-4)23-12-18(2,3)13-6-8-14(19)9-7-13;/h6-10H,5,11-12H2,1-4H3,(H2,20,22,23);1H. The Hall–Kier alpha value is -0.860. The van der Waals surface area contributed by atoms with Gasteiger partial charge in [0.05, 0.1) is 6.54 Å². The molecule has 0 fully saturated rings. The van der Waals surface area contributed by atoms with E-state index in [0.717, 1.165) is 29.0 Å². The van der Waals surface area contributed by atoms with Crippen molar-refractivity contribution in [3.05, 3.63) is 50.9 Å². The lowest BCUT2D eigenvalue weighted by molar-refractivity contribution is 0.508. The van der Waals surface area contributed by atoms with Crippen LogP contribution in [0.5, 0.6) is 0 Å². The van der Waals surface area contributed by atoms with Gasteiger partial charge in [-0.15, -0.1) is 35.3 Å². The normalized spacial score (nSPS) is 11.8. The second-order valence-electron chi connectivity index (χ2n) is 6.24. The van der Waals surface area contributed by atoms with Gasteiger partial charge in [-0.3, -0.25) is 4.99 Å². The predicted molar refractivity (Wildman–Crippen MR) is 120 cm³/mol. The van der Waals surface area contributed by atoms with Gasteiger partial charge in [-0.05, 0) is 24.1 Å². The van der Waals surface area contributed by atoms with Crippen molar-refractivity contribution < 1.29 is 0 Å². The Morgan fingerprint density at radius 2 is 1.92 bits per heavy atom. The van der Waals surface area contributed by atoms with Crippen molar-refractivity contribution in [3.63, 3.8) is 0 Å². The van der Waals surface area contributed by atoms with Crippen molar-refractivity contribution in [3.8, 4) is 0 Å². The number of nitrogens with zero attached hydrogens (tertiary/aromatic N) is 2. The number of aliphatic imine (C=N–C) groups is 1. The lowest BCUT2D eigenvalue weighted by Crippen LogP contribution is -2.43. The number of aromatic nitrogens is 1. The van der Waals surface area contributed by atoms with E-state index in [-0.39, 0.29) is 29.4 Å². The molecule has 138 valence electrons. The molecule has 0 atom stereocenters. The maximum absolute atomic E-state index is 5.97. The lowest BCUT2D eigenvalue weighted by Gasteiger charge is -2.26. The van der Waals surface area contributed by atoms with Gasteiger partial charge in [0.15, 0.2) is 5.96 Å². The van der Waals surface area contributed by atoms with Gasteiger partial charge in [-0.25, -0.2) is 4.98 Å². The molecule has 4 nitrogen and oxygen atoms in total. The highest BCUT2D eigenvalue weighted by atomic mass is 127. The Morgan fingerprint density at radius 1 is 1.24 bits per heavy atom. The Morgan fingerprint density at radius 3 is 2.48 bits per heavy atom. The van der Waals surface area contributed by atoms with E-state index in [9.17, 15) is 0 Å². The van der Waals surface area contributed by atoms with Crippen molar-refractivity contribution in [1.29, 1.82) is 0 Å². The summed E-state index contributed by atoms with van der Waals surface area (Å²) in [7, 11) is 1.78. The Kier molecular flexibility index (Phi) is 9.16. The molecule has 0 radical (unpaired) electrons. The minimum atomic E-state index is -0.0290. The van der Waals surface area contributed by atoms with Crippen LogP contribution in [-0.2, 0) is 18.4 Å². The smallest absolute Gasteiger partial charge is 0.191 e. The van der Waals surface area contributed by atoms with Gasteiger partial charge in [-0.1, -0.05) is 44.5 Å². The quantitative estimate of drug-likeness (QED) is 0.351. The number of halogens is 2. The number of nitrogens with one attached hydrogen (secondary N) is 2. The Labute approximate surface area is 176 Å². The van der Waals surface area contributed by atoms with Crippen LogP contribution in [0.25, 0.3) is 0 Å². The van der Waals surface area contributed by atoms with E-state index in [1.807, 2.05) is 18.3 Å². The van der Waals surface area contributed by atoms with E-state index in [1.54, 1.807) is 18.4 Å². The first-order valence-corrected chi connectivity index (χ1v) is 9.28. The number of aryl methyl sites for hydroxylation is 1. The summed E-state index contributed by atoms with van der Waals surface area (Å²) in [5, 5.41) is 8.55. The third-order valence-corrected chi connectivity index (χ3v) is 5.30. The number of rotatable bonds is 6. The number of benzene rings is 1. The minimum absolute atomic E-state index is 0. The SMILES string of the molecule is CCc1cnc(CNC(=NC)NCC(C)(C)c2ccc(Cl)cc2)s1.I. The molecule has 0 amide bonds. The summed E-state index contributed by atoms with van der Waals surface area (Å²) >= 11 is 7.71. The zero-order chi connectivity index (χ0) is 17.6. The molecule has 0 unspecified atom stereocenters. The second-order valence-corrected chi connectivity index (χ2v) is 7.88. The molecular formula is C18H26ClIN4S. The zero-order valence-corrected chi connectivity index (χ0v) is 19.0. The van der Waals surface area contributed by atoms with Gasteiger partial charge in [0, 0.05) is 35.1 Å². The fraction of sp³-hybridized carbons (Fsp3) is 0.444. The average Bonchev–Trinajstić information content (AvgIpc) is 3.03. The summed E-state index contributed by atoms with van der Waals surface area (Å²) in [5.41, 5.74) is 1.21. The fourth-order valence-electron chi connectivity index (χ4n) is 2.28. The molecule has 0 saturated heterocycles. The molecule has 0 saturated carbocycles. The van der Waals surface area contributed by atoms with Crippen LogP contribution in [0.15, 0.2) is 35.5 Å². The molecule has 1 aromatic carbocycles. The first kappa shape index (κ1) is 22.2. The molecule has 0 aliphatic carbocycles. The summed E-state index contributed by atoms with van der Waals surface area (Å²) in [6, 6.07) is 8.00. The van der Waals surface area contributed by atoms with Crippen molar-refractivity contribution in [2.24, 2.45) is 4.99 Å². The number of hydrogen-bond acceptors (Lipinski definition) is 3. The molecule has 0 aliphatic rings. The third kappa shape index (κ3) is 6.75. The number of guanidine groups is 1. The monoisotopic (exact) mass is 492 g/mol. The van der Waals surface area contributed by atoms with Crippen LogP contribution in [0.2, 0.25) is 5.02 Å². The Bertz CT molecular complexity index is 683. The minimum Gasteiger partial charge on any atom is -0.356 e. The van der Waals surface area contributed by atoms with E-state index in [1.165, 1.54) is 10.4 Å². The van der Waals surface area contributed by atoms with Crippen LogP contribution in [0, 0.1) is 0 Å². The van der Waals surface area contributed by atoms with Gasteiger partial charge in [0.1, 0.15) is 5.01 Å². The summed E-state index contributed by atoms with van der Waals surface area (Å²) in [6.07, 6.45) is 2.97. The molecule has 7 heteroatoms. The molecule has 0 bridgehead atoms. The second kappa shape index (κ2) is 10.3. The van der Waals surface area contributed by atoms with E-state index < -0.39 is 0 Å². The van der Waals surface area contributed by atoms with Crippen LogP contribution >= 0.6 is 46.9 Å². The molecule has 1 aromatic heterocycles. The van der Waals surface area contributed by atoms with Crippen LogP contribution in [0.4, 0.5) is 0 Å². The summed E-state index contributed by atoms with van der Waals surface area (Å²) in [4.78, 5) is 10.0. The largest absolute Gasteiger partial charge is 0.356 e. The van der Waals surface area contributed by atoms with Crippen molar-refractivity contribution in [2.45, 2.75) is 39.2 Å². The van der Waals surface area contributed by atoms with E-state index in [0.29, 0.717) is 6.54 Å². The molecule has 25 heavy (non-hydrogen) atoms. The molecule has 2 rings (SSSR count). The average molecular weight is 493 g/mol. The van der Waals surface area contributed by atoms with Gasteiger partial charge in [-0.2, -0.15) is 0 Å². The maximum Gasteiger partial charge on any atom is 0.191 e. The van der Waals surface area contributed by atoms with E-state index >= 15 is 0 Å². The van der Waals surface area contributed by atoms with Crippen molar-refractivity contribution >= 4 is 52.9 Å². The summed E-state index contributed by atoms with van der Waals surface area (Å²) in [6.45, 7) is 8.00. The highest BCUT2D eigenvalue weighted by Gasteiger charge is 2.20. The van der Waals surface area contributed by atoms with Crippen molar-refractivity contribution in [1.82, 2.24) is 15.6 Å². The van der Waals surface area contributed by atoms with Gasteiger partial charge in [0.25, 0.3) is 0 Å². The zero-order valence-electron chi connectivity index (χ0n) is 15.1. The highest BCUT2D eigenvalue weighted by molar-refractivity contribution is 14.0. The van der Waals surface area contributed by atoms with E-state index in [2.05, 4.69) is 53.5 Å². The van der Waals surface area contributed by atoms with Gasteiger partial charge < -0.3 is 10.6 Å².